The van der Waals surface area contributed by atoms with Crippen LogP contribution in [-0.2, 0) is 6.42 Å². The molecule has 0 radical (unpaired) electrons. The molecule has 1 aliphatic heterocycles. The Bertz CT molecular complexity index is 1570. The van der Waals surface area contributed by atoms with Gasteiger partial charge in [-0.2, -0.15) is 0 Å². The van der Waals surface area contributed by atoms with E-state index in [-0.39, 0.29) is 16.3 Å². The molecule has 0 bridgehead atoms. The minimum atomic E-state index is -0.648. The smallest absolute Gasteiger partial charge is 0.311 e. The summed E-state index contributed by atoms with van der Waals surface area (Å²) in [7, 11) is 0. The van der Waals surface area contributed by atoms with Crippen LogP contribution in [0, 0.1) is 10.1 Å². The van der Waals surface area contributed by atoms with Crippen LogP contribution in [0.3, 0.4) is 0 Å². The molecule has 0 unspecified atom stereocenters. The van der Waals surface area contributed by atoms with E-state index >= 15 is 0 Å². The van der Waals surface area contributed by atoms with E-state index in [4.69, 9.17) is 11.6 Å². The molecule has 0 saturated carbocycles. The molecule has 4 aromatic rings. The number of carbonyl (C=O) groups is 2. The van der Waals surface area contributed by atoms with Crippen LogP contribution in [0.25, 0.3) is 0 Å². The van der Waals surface area contributed by atoms with Crippen molar-refractivity contribution in [2.24, 2.45) is 4.99 Å². The molecular formula is C28H18ClN3O5. The number of carbonyl (C=O) groups excluding carboxylic acids is 2. The zero-order valence-corrected chi connectivity index (χ0v) is 19.9. The highest BCUT2D eigenvalue weighted by Crippen LogP contribution is 2.35. The van der Waals surface area contributed by atoms with Gasteiger partial charge in [0.15, 0.2) is 0 Å². The third-order valence-corrected chi connectivity index (χ3v) is 6.26. The Labute approximate surface area is 216 Å². The summed E-state index contributed by atoms with van der Waals surface area (Å²) in [5.41, 5.74) is 2.52. The van der Waals surface area contributed by atoms with Crippen molar-refractivity contribution in [3.8, 4) is 5.75 Å². The fourth-order valence-corrected chi connectivity index (χ4v) is 4.40. The van der Waals surface area contributed by atoms with Crippen molar-refractivity contribution in [2.45, 2.75) is 6.42 Å². The first-order valence-electron chi connectivity index (χ1n) is 11.2. The van der Waals surface area contributed by atoms with Gasteiger partial charge in [0.1, 0.15) is 0 Å². The molecular weight excluding hydrogens is 494 g/mol. The van der Waals surface area contributed by atoms with E-state index in [0.29, 0.717) is 28.8 Å². The van der Waals surface area contributed by atoms with Crippen LogP contribution in [-0.4, -0.2) is 28.1 Å². The topological polar surface area (TPSA) is 113 Å². The molecule has 2 amide bonds. The Morgan fingerprint density at radius 1 is 0.892 bits per heavy atom. The maximum Gasteiger partial charge on any atom is 0.311 e. The average molecular weight is 512 g/mol. The highest BCUT2D eigenvalue weighted by atomic mass is 35.5. The fraction of sp³-hybridized carbons (Fsp3) is 0.0357. The number of amides is 2. The van der Waals surface area contributed by atoms with Gasteiger partial charge in [0.25, 0.3) is 11.8 Å². The number of nitro groups is 1. The number of benzene rings is 4. The lowest BCUT2D eigenvalue weighted by Gasteiger charge is -2.14. The van der Waals surface area contributed by atoms with Crippen LogP contribution in [0.5, 0.6) is 5.75 Å². The van der Waals surface area contributed by atoms with Gasteiger partial charge in [0.2, 0.25) is 5.75 Å². The van der Waals surface area contributed by atoms with Gasteiger partial charge in [-0.25, -0.2) is 4.90 Å². The van der Waals surface area contributed by atoms with Gasteiger partial charge in [0, 0.05) is 17.8 Å². The summed E-state index contributed by atoms with van der Waals surface area (Å²) in [6.45, 7) is 0. The summed E-state index contributed by atoms with van der Waals surface area (Å²) in [5, 5.41) is 22.2. The standard InChI is InChI=1S/C28H18ClN3O5/c29-23-15-20(31-27(34)21-8-4-5-9-22(21)28(31)35)10-11-24(23)30-16-19-13-18(12-17-6-2-1-3-7-17)14-25(26(19)33)32(36)37/h1-11,13-16,33H,12H2. The van der Waals surface area contributed by atoms with Gasteiger partial charge < -0.3 is 5.11 Å². The van der Waals surface area contributed by atoms with Gasteiger partial charge in [-0.05, 0) is 53.9 Å². The largest absolute Gasteiger partial charge is 0.502 e. The first-order valence-corrected chi connectivity index (χ1v) is 11.6. The van der Waals surface area contributed by atoms with E-state index in [9.17, 15) is 24.8 Å². The predicted molar refractivity (Wildman–Crippen MR) is 140 cm³/mol. The highest BCUT2D eigenvalue weighted by molar-refractivity contribution is 6.36. The van der Waals surface area contributed by atoms with E-state index in [1.807, 2.05) is 30.3 Å². The number of anilines is 1. The number of nitrogens with zero attached hydrogens (tertiary/aromatic N) is 3. The molecule has 0 atom stereocenters. The molecule has 8 nitrogen and oxygen atoms in total. The van der Waals surface area contributed by atoms with Crippen LogP contribution in [0.1, 0.15) is 37.4 Å². The van der Waals surface area contributed by atoms with E-state index in [0.717, 1.165) is 10.5 Å². The molecule has 0 spiro atoms. The summed E-state index contributed by atoms with van der Waals surface area (Å²) in [6, 6.07) is 23.5. The molecule has 182 valence electrons. The van der Waals surface area contributed by atoms with Crippen molar-refractivity contribution in [2.75, 3.05) is 4.90 Å². The molecule has 9 heteroatoms. The first kappa shape index (κ1) is 23.9. The van der Waals surface area contributed by atoms with Gasteiger partial charge in [-0.1, -0.05) is 54.1 Å². The molecule has 0 saturated heterocycles. The van der Waals surface area contributed by atoms with Gasteiger partial charge in [-0.15, -0.1) is 0 Å². The quantitative estimate of drug-likeness (QED) is 0.145. The Morgan fingerprint density at radius 3 is 2.16 bits per heavy atom. The Kier molecular flexibility index (Phi) is 6.25. The van der Waals surface area contributed by atoms with Crippen molar-refractivity contribution >= 4 is 46.7 Å². The van der Waals surface area contributed by atoms with E-state index in [1.165, 1.54) is 30.5 Å². The number of rotatable bonds is 6. The number of phenolic OH excluding ortho intramolecular Hbond substituents is 1. The second kappa shape index (κ2) is 9.67. The normalized spacial score (nSPS) is 12.8. The Balaban J connectivity index is 1.44. The number of fused-ring (bicyclic) bond motifs is 1. The van der Waals surface area contributed by atoms with Crippen LogP contribution in [0.2, 0.25) is 5.02 Å². The van der Waals surface area contributed by atoms with Gasteiger partial charge in [0.05, 0.1) is 32.4 Å². The zero-order valence-electron chi connectivity index (χ0n) is 19.2. The number of hydrogen-bond acceptors (Lipinski definition) is 6. The maximum absolute atomic E-state index is 12.8. The van der Waals surface area contributed by atoms with Crippen LogP contribution in [0.4, 0.5) is 17.1 Å². The molecule has 0 aromatic heterocycles. The molecule has 0 aliphatic carbocycles. The van der Waals surface area contributed by atoms with Crippen molar-refractivity contribution < 1.29 is 19.6 Å². The number of phenols is 1. The molecule has 1 heterocycles. The van der Waals surface area contributed by atoms with E-state index < -0.39 is 28.2 Å². The Hall–Kier alpha value is -4.82. The van der Waals surface area contributed by atoms with Crippen LogP contribution < -0.4 is 4.90 Å². The second-order valence-corrected chi connectivity index (χ2v) is 8.76. The monoisotopic (exact) mass is 511 g/mol. The summed E-state index contributed by atoms with van der Waals surface area (Å²) in [4.78, 5) is 41.7. The first-order chi connectivity index (χ1) is 17.8. The third-order valence-electron chi connectivity index (χ3n) is 5.95. The second-order valence-electron chi connectivity index (χ2n) is 8.36. The third kappa shape index (κ3) is 4.57. The van der Waals surface area contributed by atoms with Crippen LogP contribution >= 0.6 is 11.6 Å². The molecule has 4 aromatic carbocycles. The molecule has 1 aliphatic rings. The number of hydrogen-bond donors (Lipinski definition) is 1. The zero-order chi connectivity index (χ0) is 26.1. The number of halogens is 1. The average Bonchev–Trinajstić information content (AvgIpc) is 3.15. The number of nitro benzene ring substituents is 1. The minimum absolute atomic E-state index is 0.153. The summed E-state index contributed by atoms with van der Waals surface area (Å²) in [5.74, 6) is -1.40. The number of aromatic hydroxyl groups is 1. The lowest BCUT2D eigenvalue weighted by Crippen LogP contribution is -2.29. The Morgan fingerprint density at radius 2 is 1.54 bits per heavy atom. The van der Waals surface area contributed by atoms with E-state index in [1.54, 1.807) is 30.3 Å². The lowest BCUT2D eigenvalue weighted by atomic mass is 10.0. The molecule has 5 rings (SSSR count). The maximum atomic E-state index is 12.8. The van der Waals surface area contributed by atoms with Crippen molar-refractivity contribution in [3.63, 3.8) is 0 Å². The minimum Gasteiger partial charge on any atom is -0.502 e. The van der Waals surface area contributed by atoms with Gasteiger partial charge in [-0.3, -0.25) is 24.7 Å². The highest BCUT2D eigenvalue weighted by Gasteiger charge is 2.36. The van der Waals surface area contributed by atoms with Gasteiger partial charge >= 0.3 is 5.69 Å². The van der Waals surface area contributed by atoms with Crippen molar-refractivity contribution in [3.05, 3.63) is 128 Å². The predicted octanol–water partition coefficient (Wildman–Crippen LogP) is 6.10. The SMILES string of the molecule is O=C1c2ccccc2C(=O)N1c1ccc(N=Cc2cc(Cc3ccccc3)cc([N+](=O)[O-])c2O)c(Cl)c1. The van der Waals surface area contributed by atoms with Crippen molar-refractivity contribution in [1.82, 2.24) is 0 Å². The number of imide groups is 1. The molecule has 0 fully saturated rings. The molecule has 37 heavy (non-hydrogen) atoms. The van der Waals surface area contributed by atoms with Crippen LogP contribution in [0.15, 0.2) is 89.9 Å². The lowest BCUT2D eigenvalue weighted by molar-refractivity contribution is -0.385. The number of aliphatic imine (C=N–C) groups is 1. The van der Waals surface area contributed by atoms with Crippen molar-refractivity contribution in [1.29, 1.82) is 0 Å². The molecule has 1 N–H and O–H groups in total. The summed E-state index contributed by atoms with van der Waals surface area (Å²) < 4.78 is 0. The summed E-state index contributed by atoms with van der Waals surface area (Å²) >= 11 is 6.41. The fourth-order valence-electron chi connectivity index (χ4n) is 4.18. The van der Waals surface area contributed by atoms with E-state index in [2.05, 4.69) is 4.99 Å². The summed E-state index contributed by atoms with van der Waals surface area (Å²) in [6.07, 6.45) is 1.72.